The number of nitrogens with one attached hydrogen (secondary N) is 1. The van der Waals surface area contributed by atoms with Crippen LogP contribution in [0.2, 0.25) is 0 Å². The minimum atomic E-state index is -0.345. The van der Waals surface area contributed by atoms with E-state index in [1.165, 1.54) is 12.7 Å². The number of carbonyl (C=O) groups is 1. The number of carbonyl (C=O) groups excluding carboxylic acids is 1. The van der Waals surface area contributed by atoms with Crippen molar-refractivity contribution in [1.29, 1.82) is 0 Å². The Kier molecular flexibility index (Phi) is 8.11. The number of methoxy groups -OCH3 is 2. The van der Waals surface area contributed by atoms with Crippen LogP contribution < -0.4 is 10.1 Å². The molecule has 0 saturated carbocycles. The van der Waals surface area contributed by atoms with Crippen molar-refractivity contribution in [3.63, 3.8) is 0 Å². The third kappa shape index (κ3) is 5.62. The van der Waals surface area contributed by atoms with Crippen LogP contribution >= 0.6 is 12.4 Å². The van der Waals surface area contributed by atoms with Gasteiger partial charge in [-0.15, -0.1) is 12.4 Å². The Hall–Kier alpha value is -2.76. The number of hydrogen-bond acceptors (Lipinski definition) is 5. The van der Waals surface area contributed by atoms with Gasteiger partial charge in [0, 0.05) is 5.56 Å². The number of ether oxygens (including phenoxy) is 2. The molecule has 0 amide bonds. The van der Waals surface area contributed by atoms with Gasteiger partial charge in [-0.2, -0.15) is 0 Å². The van der Waals surface area contributed by atoms with E-state index in [0.29, 0.717) is 12.1 Å². The molecule has 0 spiro atoms. The third-order valence-corrected chi connectivity index (χ3v) is 4.30. The fourth-order valence-electron chi connectivity index (χ4n) is 2.75. The molecule has 1 heterocycles. The highest BCUT2D eigenvalue weighted by atomic mass is 35.5. The van der Waals surface area contributed by atoms with Crippen LogP contribution in [0.4, 0.5) is 0 Å². The molecule has 148 valence electrons. The number of benzene rings is 2. The van der Waals surface area contributed by atoms with Gasteiger partial charge in [0.05, 0.1) is 26.3 Å². The van der Waals surface area contributed by atoms with Gasteiger partial charge in [0.15, 0.2) is 0 Å². The fraction of sp³-hybridized carbons (Fsp3) is 0.227. The number of hydrogen-bond donors (Lipinski definition) is 1. The zero-order valence-electron chi connectivity index (χ0n) is 15.9. The Morgan fingerprint density at radius 3 is 2.32 bits per heavy atom. The van der Waals surface area contributed by atoms with Crippen LogP contribution in [0.5, 0.6) is 5.75 Å². The van der Waals surface area contributed by atoms with Crippen molar-refractivity contribution in [3.05, 3.63) is 77.6 Å². The van der Waals surface area contributed by atoms with Crippen LogP contribution in [0.1, 0.15) is 21.7 Å². The van der Waals surface area contributed by atoms with Crippen molar-refractivity contribution >= 4 is 18.4 Å². The van der Waals surface area contributed by atoms with Crippen molar-refractivity contribution < 1.29 is 18.7 Å². The van der Waals surface area contributed by atoms with Crippen molar-refractivity contribution in [1.82, 2.24) is 5.32 Å². The second kappa shape index (κ2) is 10.5. The summed E-state index contributed by atoms with van der Waals surface area (Å²) in [5, 5.41) is 3.39. The molecule has 0 fully saturated rings. The quantitative estimate of drug-likeness (QED) is 0.445. The maximum absolute atomic E-state index is 11.5. The first-order valence-corrected chi connectivity index (χ1v) is 8.80. The van der Waals surface area contributed by atoms with Gasteiger partial charge in [-0.1, -0.05) is 24.3 Å². The lowest BCUT2D eigenvalue weighted by molar-refractivity contribution is 0.0600. The van der Waals surface area contributed by atoms with E-state index in [1.54, 1.807) is 19.2 Å². The fourth-order valence-corrected chi connectivity index (χ4v) is 2.75. The van der Waals surface area contributed by atoms with E-state index in [4.69, 9.17) is 13.9 Å². The molecule has 0 atom stereocenters. The predicted octanol–water partition coefficient (Wildman–Crippen LogP) is 4.50. The molecular weight excluding hydrogens is 378 g/mol. The lowest BCUT2D eigenvalue weighted by Crippen LogP contribution is -2.16. The summed E-state index contributed by atoms with van der Waals surface area (Å²) >= 11 is 0. The number of rotatable bonds is 8. The molecule has 0 unspecified atom stereocenters. The summed E-state index contributed by atoms with van der Waals surface area (Å²) in [6, 6.07) is 19.2. The molecular formula is C22H24ClNO4. The SMILES string of the molecule is COC(=O)c1ccc(-c2ccc(CNCCc3ccc(OC)cc3)o2)cc1.Cl. The van der Waals surface area contributed by atoms with E-state index in [1.807, 2.05) is 36.4 Å². The van der Waals surface area contributed by atoms with Crippen molar-refractivity contribution in [3.8, 4) is 17.1 Å². The second-order valence-corrected chi connectivity index (χ2v) is 6.11. The Morgan fingerprint density at radius 2 is 1.68 bits per heavy atom. The first kappa shape index (κ1) is 21.5. The summed E-state index contributed by atoms with van der Waals surface area (Å²) < 4.78 is 15.8. The minimum absolute atomic E-state index is 0. The maximum atomic E-state index is 11.5. The highest BCUT2D eigenvalue weighted by molar-refractivity contribution is 5.89. The van der Waals surface area contributed by atoms with Crippen LogP contribution in [-0.4, -0.2) is 26.7 Å². The summed E-state index contributed by atoms with van der Waals surface area (Å²) in [5.74, 6) is 2.17. The number of halogens is 1. The van der Waals surface area contributed by atoms with Crippen LogP contribution in [0.25, 0.3) is 11.3 Å². The normalized spacial score (nSPS) is 10.2. The molecule has 1 N–H and O–H groups in total. The zero-order chi connectivity index (χ0) is 19.1. The Morgan fingerprint density at radius 1 is 0.964 bits per heavy atom. The molecule has 0 radical (unpaired) electrons. The minimum Gasteiger partial charge on any atom is -0.497 e. The Bertz CT molecular complexity index is 872. The van der Waals surface area contributed by atoms with E-state index in [9.17, 15) is 4.79 Å². The van der Waals surface area contributed by atoms with Gasteiger partial charge in [0.1, 0.15) is 17.3 Å². The molecule has 2 aromatic carbocycles. The molecule has 6 heteroatoms. The van der Waals surface area contributed by atoms with Gasteiger partial charge in [0.25, 0.3) is 0 Å². The molecule has 1 aromatic heterocycles. The van der Waals surface area contributed by atoms with E-state index in [2.05, 4.69) is 17.4 Å². The lowest BCUT2D eigenvalue weighted by atomic mass is 10.1. The first-order chi connectivity index (χ1) is 13.2. The lowest BCUT2D eigenvalue weighted by Gasteiger charge is -2.05. The summed E-state index contributed by atoms with van der Waals surface area (Å²) in [6.45, 7) is 1.52. The van der Waals surface area contributed by atoms with Crippen LogP contribution in [0.3, 0.4) is 0 Å². The molecule has 0 aliphatic rings. The number of esters is 1. The van der Waals surface area contributed by atoms with Gasteiger partial charge in [0.2, 0.25) is 0 Å². The molecule has 0 aliphatic carbocycles. The van der Waals surface area contributed by atoms with Crippen LogP contribution in [-0.2, 0) is 17.7 Å². The molecule has 28 heavy (non-hydrogen) atoms. The van der Waals surface area contributed by atoms with Gasteiger partial charge < -0.3 is 19.2 Å². The second-order valence-electron chi connectivity index (χ2n) is 6.11. The molecule has 0 saturated heterocycles. The van der Waals surface area contributed by atoms with Crippen molar-refractivity contribution in [2.45, 2.75) is 13.0 Å². The van der Waals surface area contributed by atoms with Crippen molar-refractivity contribution in [2.75, 3.05) is 20.8 Å². The maximum Gasteiger partial charge on any atom is 0.337 e. The Labute approximate surface area is 171 Å². The van der Waals surface area contributed by atoms with Gasteiger partial charge in [-0.05, 0) is 54.9 Å². The standard InChI is InChI=1S/C22H23NO4.ClH/c1-25-19-9-3-16(4-10-19)13-14-23-15-20-11-12-21(27-20)17-5-7-18(8-6-17)22(24)26-2;/h3-12,23H,13-15H2,1-2H3;1H. The van der Waals surface area contributed by atoms with Crippen molar-refractivity contribution in [2.24, 2.45) is 0 Å². The van der Waals surface area contributed by atoms with Crippen LogP contribution in [0, 0.1) is 0 Å². The predicted molar refractivity (Wildman–Crippen MR) is 111 cm³/mol. The van der Waals surface area contributed by atoms with Gasteiger partial charge in [-0.25, -0.2) is 4.79 Å². The summed E-state index contributed by atoms with van der Waals surface area (Å²) in [4.78, 5) is 11.5. The summed E-state index contributed by atoms with van der Waals surface area (Å²) in [7, 11) is 3.04. The average Bonchev–Trinajstić information content (AvgIpc) is 3.20. The molecule has 3 aromatic rings. The Balaban J connectivity index is 0.00000280. The molecule has 3 rings (SSSR count). The van der Waals surface area contributed by atoms with E-state index >= 15 is 0 Å². The average molecular weight is 402 g/mol. The first-order valence-electron chi connectivity index (χ1n) is 8.80. The highest BCUT2D eigenvalue weighted by Gasteiger charge is 2.08. The summed E-state index contributed by atoms with van der Waals surface area (Å²) in [6.07, 6.45) is 0.937. The monoisotopic (exact) mass is 401 g/mol. The largest absolute Gasteiger partial charge is 0.497 e. The third-order valence-electron chi connectivity index (χ3n) is 4.30. The highest BCUT2D eigenvalue weighted by Crippen LogP contribution is 2.23. The topological polar surface area (TPSA) is 60.7 Å². The molecule has 5 nitrogen and oxygen atoms in total. The summed E-state index contributed by atoms with van der Waals surface area (Å²) in [5.41, 5.74) is 2.70. The molecule has 0 aliphatic heterocycles. The van der Waals surface area contributed by atoms with E-state index in [-0.39, 0.29) is 18.4 Å². The van der Waals surface area contributed by atoms with E-state index < -0.39 is 0 Å². The van der Waals surface area contributed by atoms with Gasteiger partial charge in [-0.3, -0.25) is 0 Å². The van der Waals surface area contributed by atoms with Crippen LogP contribution in [0.15, 0.2) is 65.1 Å². The van der Waals surface area contributed by atoms with Gasteiger partial charge >= 0.3 is 5.97 Å². The van der Waals surface area contributed by atoms with E-state index in [0.717, 1.165) is 35.8 Å². The smallest absolute Gasteiger partial charge is 0.337 e. The zero-order valence-corrected chi connectivity index (χ0v) is 16.8. The number of furan rings is 1. The molecule has 0 bridgehead atoms.